The van der Waals surface area contributed by atoms with Crippen LogP contribution in [0.4, 0.5) is 0 Å². The lowest BCUT2D eigenvalue weighted by Gasteiger charge is -2.18. The van der Waals surface area contributed by atoms with Crippen LogP contribution in [0.1, 0.15) is 252 Å². The molecule has 1 unspecified atom stereocenters. The van der Waals surface area contributed by atoms with Crippen LogP contribution >= 0.6 is 0 Å². The van der Waals surface area contributed by atoms with Gasteiger partial charge in [-0.2, -0.15) is 0 Å². The first-order valence-electron chi connectivity index (χ1n) is 27.8. The van der Waals surface area contributed by atoms with Gasteiger partial charge >= 0.3 is 17.9 Å². The number of hydrogen-bond donors (Lipinski definition) is 0. The molecular formula is C61H102O6. The van der Waals surface area contributed by atoms with E-state index in [0.717, 1.165) is 96.3 Å². The van der Waals surface area contributed by atoms with Gasteiger partial charge in [0.15, 0.2) is 6.10 Å². The molecule has 1 atom stereocenters. The predicted molar refractivity (Wildman–Crippen MR) is 288 cm³/mol. The van der Waals surface area contributed by atoms with Gasteiger partial charge in [-0.3, -0.25) is 14.4 Å². The van der Waals surface area contributed by atoms with Gasteiger partial charge in [0, 0.05) is 19.3 Å². The van der Waals surface area contributed by atoms with E-state index in [9.17, 15) is 14.4 Å². The van der Waals surface area contributed by atoms with Crippen molar-refractivity contribution in [3.63, 3.8) is 0 Å². The molecule has 0 radical (unpaired) electrons. The third kappa shape index (κ3) is 53.2. The highest BCUT2D eigenvalue weighted by atomic mass is 16.6. The quantitative estimate of drug-likeness (QED) is 0.0199. The maximum atomic E-state index is 12.8. The molecule has 6 nitrogen and oxygen atoms in total. The van der Waals surface area contributed by atoms with Gasteiger partial charge in [0.1, 0.15) is 13.2 Å². The molecular weight excluding hydrogens is 829 g/mol. The SMILES string of the molecule is CC/C=C\C/C=C\C/C=C\C/C=C\C/C=C\CCC(=O)OC(COC(=O)CCCCCCC/C=C\CCCCCCCCCCC)COC(=O)CCCCCCCC/C=C\C=C/CCCCC. The van der Waals surface area contributed by atoms with Crippen LogP contribution in [0.2, 0.25) is 0 Å². The van der Waals surface area contributed by atoms with Crippen molar-refractivity contribution in [1.29, 1.82) is 0 Å². The van der Waals surface area contributed by atoms with Gasteiger partial charge in [0.2, 0.25) is 0 Å². The standard InChI is InChI=1S/C61H102O6/c1-4-7-10-13-16-19-22-25-28-30-31-34-36-39-42-45-48-51-54-60(63)66-57-58(56-65-59(62)53-50-47-44-41-38-35-32-27-24-21-18-15-12-9-6-3)67-61(64)55-52-49-46-43-40-37-33-29-26-23-20-17-14-11-8-5-2/h8,11,17-18,20-21,24,26-27,29,31,34,37,40,46,49,58H,4-7,9-10,12-16,19,22-23,25,28,30,32-33,35-36,38-39,41-45,47-48,50-57H2,1-3H3/b11-8-,20-17-,21-18-,27-24-,29-26-,34-31-,40-37-,49-46-. The normalized spacial score (nSPS) is 12.8. The van der Waals surface area contributed by atoms with Crippen LogP contribution in [0.15, 0.2) is 97.2 Å². The summed E-state index contributed by atoms with van der Waals surface area (Å²) in [6, 6.07) is 0. The maximum absolute atomic E-state index is 12.8. The molecule has 0 aliphatic rings. The maximum Gasteiger partial charge on any atom is 0.306 e. The number of hydrogen-bond acceptors (Lipinski definition) is 6. The zero-order chi connectivity index (χ0) is 48.6. The van der Waals surface area contributed by atoms with Crippen molar-refractivity contribution in [2.24, 2.45) is 0 Å². The Hall–Kier alpha value is -3.67. The monoisotopic (exact) mass is 931 g/mol. The number of carbonyl (C=O) groups excluding carboxylic acids is 3. The zero-order valence-electron chi connectivity index (χ0n) is 43.6. The summed E-state index contributed by atoms with van der Waals surface area (Å²) < 4.78 is 16.8. The minimum atomic E-state index is -0.826. The molecule has 0 spiro atoms. The van der Waals surface area contributed by atoms with E-state index in [1.165, 1.54) is 109 Å². The van der Waals surface area contributed by atoms with Gasteiger partial charge in [-0.15, -0.1) is 0 Å². The number of unbranched alkanes of at least 4 members (excludes halogenated alkanes) is 23. The van der Waals surface area contributed by atoms with Crippen LogP contribution in [0.3, 0.4) is 0 Å². The first-order chi connectivity index (χ1) is 33.0. The molecule has 67 heavy (non-hydrogen) atoms. The Labute approximate surface area is 413 Å². The molecule has 0 bridgehead atoms. The topological polar surface area (TPSA) is 78.9 Å². The average Bonchev–Trinajstić information content (AvgIpc) is 3.33. The molecule has 0 saturated carbocycles. The van der Waals surface area contributed by atoms with Crippen LogP contribution in [-0.2, 0) is 28.6 Å². The second-order valence-corrected chi connectivity index (χ2v) is 18.1. The van der Waals surface area contributed by atoms with Crippen molar-refractivity contribution in [2.75, 3.05) is 13.2 Å². The largest absolute Gasteiger partial charge is 0.462 e. The van der Waals surface area contributed by atoms with Gasteiger partial charge in [-0.1, -0.05) is 227 Å². The van der Waals surface area contributed by atoms with Crippen molar-refractivity contribution in [3.05, 3.63) is 97.2 Å². The molecule has 0 rings (SSSR count). The first-order valence-corrected chi connectivity index (χ1v) is 27.8. The van der Waals surface area contributed by atoms with Gasteiger partial charge in [0.05, 0.1) is 0 Å². The number of allylic oxidation sites excluding steroid dienone is 16. The molecule has 0 aromatic carbocycles. The minimum Gasteiger partial charge on any atom is -0.462 e. The molecule has 0 aromatic rings. The van der Waals surface area contributed by atoms with E-state index < -0.39 is 12.1 Å². The molecule has 0 aliphatic heterocycles. The Kier molecular flexibility index (Phi) is 51.9. The Morgan fingerprint density at radius 2 is 0.657 bits per heavy atom. The highest BCUT2D eigenvalue weighted by molar-refractivity contribution is 5.71. The second-order valence-electron chi connectivity index (χ2n) is 18.1. The molecule has 6 heteroatoms. The van der Waals surface area contributed by atoms with Gasteiger partial charge in [0.25, 0.3) is 0 Å². The number of ether oxygens (including phenoxy) is 3. The molecule has 0 fully saturated rings. The van der Waals surface area contributed by atoms with Gasteiger partial charge in [-0.25, -0.2) is 0 Å². The van der Waals surface area contributed by atoms with Crippen LogP contribution in [0, 0.1) is 0 Å². The summed E-state index contributed by atoms with van der Waals surface area (Å²) in [7, 11) is 0. The summed E-state index contributed by atoms with van der Waals surface area (Å²) in [5.41, 5.74) is 0. The Balaban J connectivity index is 4.51. The van der Waals surface area contributed by atoms with Crippen molar-refractivity contribution in [3.8, 4) is 0 Å². The van der Waals surface area contributed by atoms with Crippen molar-refractivity contribution < 1.29 is 28.6 Å². The van der Waals surface area contributed by atoms with Gasteiger partial charge < -0.3 is 14.2 Å². The fraction of sp³-hybridized carbons (Fsp3) is 0.689. The van der Waals surface area contributed by atoms with Crippen LogP contribution in [0.25, 0.3) is 0 Å². The lowest BCUT2D eigenvalue weighted by atomic mass is 10.1. The van der Waals surface area contributed by atoms with E-state index in [0.29, 0.717) is 19.3 Å². The predicted octanol–water partition coefficient (Wildman–Crippen LogP) is 18.5. The Morgan fingerprint density at radius 3 is 1.09 bits per heavy atom. The fourth-order valence-corrected chi connectivity index (χ4v) is 7.42. The molecule has 0 aliphatic carbocycles. The molecule has 0 aromatic heterocycles. The molecule has 0 saturated heterocycles. The first kappa shape index (κ1) is 63.3. The lowest BCUT2D eigenvalue weighted by molar-refractivity contribution is -0.166. The minimum absolute atomic E-state index is 0.116. The average molecular weight is 931 g/mol. The van der Waals surface area contributed by atoms with Crippen LogP contribution in [0.5, 0.6) is 0 Å². The van der Waals surface area contributed by atoms with E-state index in [2.05, 4.69) is 106 Å². The van der Waals surface area contributed by atoms with E-state index in [4.69, 9.17) is 14.2 Å². The summed E-state index contributed by atoms with van der Waals surface area (Å²) in [6.07, 6.45) is 72.6. The van der Waals surface area contributed by atoms with Crippen molar-refractivity contribution in [1.82, 2.24) is 0 Å². The number of esters is 3. The van der Waals surface area contributed by atoms with Crippen LogP contribution < -0.4 is 0 Å². The van der Waals surface area contributed by atoms with Crippen LogP contribution in [-0.4, -0.2) is 37.2 Å². The summed E-state index contributed by atoms with van der Waals surface area (Å²) in [4.78, 5) is 38.1. The molecule has 382 valence electrons. The summed E-state index contributed by atoms with van der Waals surface area (Å²) in [5.74, 6) is -1.02. The van der Waals surface area contributed by atoms with E-state index in [1.807, 2.05) is 12.2 Å². The Bertz CT molecular complexity index is 1350. The summed E-state index contributed by atoms with van der Waals surface area (Å²) in [6.45, 7) is 6.42. The van der Waals surface area contributed by atoms with Crippen molar-refractivity contribution >= 4 is 17.9 Å². The van der Waals surface area contributed by atoms with Gasteiger partial charge in [-0.05, 0) is 103 Å². The highest BCUT2D eigenvalue weighted by Crippen LogP contribution is 2.14. The zero-order valence-corrected chi connectivity index (χ0v) is 43.6. The van der Waals surface area contributed by atoms with Crippen molar-refractivity contribution in [2.45, 2.75) is 258 Å². The molecule has 0 N–H and O–H groups in total. The second kappa shape index (κ2) is 54.9. The third-order valence-electron chi connectivity index (χ3n) is 11.6. The van der Waals surface area contributed by atoms with E-state index in [1.54, 1.807) is 0 Å². The highest BCUT2D eigenvalue weighted by Gasteiger charge is 2.19. The third-order valence-corrected chi connectivity index (χ3v) is 11.6. The van der Waals surface area contributed by atoms with E-state index in [-0.39, 0.29) is 31.6 Å². The Morgan fingerprint density at radius 1 is 0.328 bits per heavy atom. The molecule has 0 amide bonds. The summed E-state index contributed by atoms with van der Waals surface area (Å²) in [5, 5.41) is 0. The smallest absolute Gasteiger partial charge is 0.306 e. The number of carbonyl (C=O) groups is 3. The fourth-order valence-electron chi connectivity index (χ4n) is 7.42. The summed E-state index contributed by atoms with van der Waals surface area (Å²) >= 11 is 0. The molecule has 0 heterocycles. The van der Waals surface area contributed by atoms with E-state index >= 15 is 0 Å². The lowest BCUT2D eigenvalue weighted by Crippen LogP contribution is -2.30. The number of rotatable bonds is 49.